The second-order valence-corrected chi connectivity index (χ2v) is 5.93. The van der Waals surface area contributed by atoms with Crippen molar-refractivity contribution in [3.63, 3.8) is 0 Å². The normalized spacial score (nSPS) is 20.6. The SMILES string of the molecule is COc1cccc2c1CCN(C(=O)NCCC1CCCO1)C2. The van der Waals surface area contributed by atoms with E-state index in [-0.39, 0.29) is 6.03 Å². The lowest BCUT2D eigenvalue weighted by atomic mass is 9.99. The number of hydrogen-bond donors (Lipinski definition) is 1. The van der Waals surface area contributed by atoms with E-state index in [0.717, 1.165) is 44.6 Å². The molecule has 2 heterocycles. The number of hydrogen-bond acceptors (Lipinski definition) is 3. The van der Waals surface area contributed by atoms with Crippen molar-refractivity contribution in [2.24, 2.45) is 0 Å². The Morgan fingerprint density at radius 2 is 2.41 bits per heavy atom. The summed E-state index contributed by atoms with van der Waals surface area (Å²) in [5.74, 6) is 0.927. The summed E-state index contributed by atoms with van der Waals surface area (Å²) in [6.45, 7) is 2.94. The first kappa shape index (κ1) is 15.2. The Morgan fingerprint density at radius 1 is 1.50 bits per heavy atom. The lowest BCUT2D eigenvalue weighted by Crippen LogP contribution is -2.43. The average molecular weight is 304 g/mol. The van der Waals surface area contributed by atoms with Crippen LogP contribution in [0, 0.1) is 0 Å². The molecule has 22 heavy (non-hydrogen) atoms. The molecule has 5 nitrogen and oxygen atoms in total. The fourth-order valence-corrected chi connectivity index (χ4v) is 3.26. The van der Waals surface area contributed by atoms with Gasteiger partial charge >= 0.3 is 6.03 Å². The van der Waals surface area contributed by atoms with Crippen LogP contribution < -0.4 is 10.1 Å². The first-order valence-corrected chi connectivity index (χ1v) is 8.07. The molecule has 0 saturated carbocycles. The Hall–Kier alpha value is -1.75. The minimum Gasteiger partial charge on any atom is -0.496 e. The fraction of sp³-hybridized carbons (Fsp3) is 0.588. The largest absolute Gasteiger partial charge is 0.496 e. The van der Waals surface area contributed by atoms with E-state index in [9.17, 15) is 4.79 Å². The number of benzene rings is 1. The maximum Gasteiger partial charge on any atom is 0.317 e. The summed E-state index contributed by atoms with van der Waals surface area (Å²) in [5, 5.41) is 3.01. The molecule has 3 rings (SSSR count). The standard InChI is InChI=1S/C17H24N2O3/c1-21-16-6-2-4-13-12-19(10-8-15(13)16)17(20)18-9-7-14-5-3-11-22-14/h2,4,6,14H,3,5,7-12H2,1H3,(H,18,20). The fourth-order valence-electron chi connectivity index (χ4n) is 3.26. The molecule has 2 aliphatic rings. The summed E-state index contributed by atoms with van der Waals surface area (Å²) in [7, 11) is 1.69. The zero-order valence-electron chi connectivity index (χ0n) is 13.1. The molecule has 0 radical (unpaired) electrons. The van der Waals surface area contributed by atoms with Crippen molar-refractivity contribution in [1.82, 2.24) is 10.2 Å². The number of nitrogens with zero attached hydrogens (tertiary/aromatic N) is 1. The van der Waals surface area contributed by atoms with Gasteiger partial charge < -0.3 is 19.7 Å². The smallest absolute Gasteiger partial charge is 0.317 e. The monoisotopic (exact) mass is 304 g/mol. The molecule has 1 aromatic rings. The summed E-state index contributed by atoms with van der Waals surface area (Å²) in [6.07, 6.45) is 4.34. The Morgan fingerprint density at radius 3 is 3.18 bits per heavy atom. The van der Waals surface area contributed by atoms with Gasteiger partial charge in [-0.05, 0) is 37.3 Å². The van der Waals surface area contributed by atoms with E-state index >= 15 is 0 Å². The van der Waals surface area contributed by atoms with Gasteiger partial charge in [-0.3, -0.25) is 0 Å². The molecule has 2 aliphatic heterocycles. The van der Waals surface area contributed by atoms with Crippen LogP contribution >= 0.6 is 0 Å². The van der Waals surface area contributed by atoms with Gasteiger partial charge in [0.2, 0.25) is 0 Å². The Balaban J connectivity index is 1.51. The van der Waals surface area contributed by atoms with Gasteiger partial charge in [-0.2, -0.15) is 0 Å². The van der Waals surface area contributed by atoms with Gasteiger partial charge in [0.1, 0.15) is 5.75 Å². The van der Waals surface area contributed by atoms with Gasteiger partial charge in [0.25, 0.3) is 0 Å². The Kier molecular flexibility index (Phi) is 4.83. The highest BCUT2D eigenvalue weighted by Gasteiger charge is 2.23. The van der Waals surface area contributed by atoms with Crippen LogP contribution in [0.15, 0.2) is 18.2 Å². The van der Waals surface area contributed by atoms with Crippen LogP contribution in [0.25, 0.3) is 0 Å². The van der Waals surface area contributed by atoms with E-state index in [4.69, 9.17) is 9.47 Å². The van der Waals surface area contributed by atoms with Gasteiger partial charge in [-0.25, -0.2) is 4.79 Å². The van der Waals surface area contributed by atoms with Gasteiger partial charge in [-0.1, -0.05) is 12.1 Å². The lowest BCUT2D eigenvalue weighted by Gasteiger charge is -2.30. The Labute approximate surface area is 131 Å². The first-order chi connectivity index (χ1) is 10.8. The van der Waals surface area contributed by atoms with E-state index in [2.05, 4.69) is 11.4 Å². The maximum atomic E-state index is 12.3. The van der Waals surface area contributed by atoms with Crippen LogP contribution in [0.2, 0.25) is 0 Å². The number of carbonyl (C=O) groups is 1. The minimum atomic E-state index is 0.0199. The van der Waals surface area contributed by atoms with Crippen molar-refractivity contribution in [3.05, 3.63) is 29.3 Å². The third-order valence-corrected chi connectivity index (χ3v) is 4.50. The highest BCUT2D eigenvalue weighted by Crippen LogP contribution is 2.27. The average Bonchev–Trinajstić information content (AvgIpc) is 3.07. The van der Waals surface area contributed by atoms with Crippen LogP contribution in [0.4, 0.5) is 4.79 Å². The molecule has 1 atom stereocenters. The second kappa shape index (κ2) is 7.01. The Bertz CT molecular complexity index is 527. The van der Waals surface area contributed by atoms with Crippen molar-refractivity contribution in [2.45, 2.75) is 38.3 Å². The predicted molar refractivity (Wildman–Crippen MR) is 84.1 cm³/mol. The first-order valence-electron chi connectivity index (χ1n) is 8.07. The third kappa shape index (κ3) is 3.35. The number of rotatable bonds is 4. The van der Waals surface area contributed by atoms with Crippen LogP contribution in [0.1, 0.15) is 30.4 Å². The molecule has 120 valence electrons. The molecule has 1 aromatic carbocycles. The summed E-state index contributed by atoms with van der Waals surface area (Å²) >= 11 is 0. The van der Waals surface area contributed by atoms with Crippen molar-refractivity contribution < 1.29 is 14.3 Å². The predicted octanol–water partition coefficient (Wildman–Crippen LogP) is 2.33. The molecule has 1 saturated heterocycles. The topological polar surface area (TPSA) is 50.8 Å². The van der Waals surface area contributed by atoms with Crippen LogP contribution in [-0.4, -0.2) is 43.8 Å². The highest BCUT2D eigenvalue weighted by atomic mass is 16.5. The van der Waals surface area contributed by atoms with Gasteiger partial charge in [0, 0.05) is 31.8 Å². The van der Waals surface area contributed by atoms with Crippen LogP contribution in [-0.2, 0) is 17.7 Å². The van der Waals surface area contributed by atoms with Crippen molar-refractivity contribution >= 4 is 6.03 Å². The molecule has 1 fully saturated rings. The minimum absolute atomic E-state index is 0.0199. The van der Waals surface area contributed by atoms with Crippen LogP contribution in [0.3, 0.4) is 0 Å². The molecule has 5 heteroatoms. The molecule has 1 unspecified atom stereocenters. The third-order valence-electron chi connectivity index (χ3n) is 4.50. The van der Waals surface area contributed by atoms with E-state index in [1.165, 1.54) is 11.1 Å². The summed E-state index contributed by atoms with van der Waals surface area (Å²) in [5.41, 5.74) is 2.41. The van der Waals surface area contributed by atoms with E-state index in [0.29, 0.717) is 19.2 Å². The number of fused-ring (bicyclic) bond motifs is 1. The quantitative estimate of drug-likeness (QED) is 0.929. The zero-order valence-corrected chi connectivity index (χ0v) is 13.1. The van der Waals surface area contributed by atoms with E-state index < -0.39 is 0 Å². The molecular formula is C17H24N2O3. The molecule has 0 aliphatic carbocycles. The van der Waals surface area contributed by atoms with E-state index in [1.807, 2.05) is 17.0 Å². The molecule has 1 N–H and O–H groups in total. The van der Waals surface area contributed by atoms with E-state index in [1.54, 1.807) is 7.11 Å². The number of methoxy groups -OCH3 is 1. The molecular weight excluding hydrogens is 280 g/mol. The van der Waals surface area contributed by atoms with Crippen LogP contribution in [0.5, 0.6) is 5.75 Å². The van der Waals surface area contributed by atoms with Gasteiger partial charge in [0.15, 0.2) is 0 Å². The van der Waals surface area contributed by atoms with Gasteiger partial charge in [-0.15, -0.1) is 0 Å². The molecule has 0 spiro atoms. The van der Waals surface area contributed by atoms with Crippen molar-refractivity contribution in [3.8, 4) is 5.75 Å². The second-order valence-electron chi connectivity index (χ2n) is 5.93. The zero-order chi connectivity index (χ0) is 15.4. The number of nitrogens with one attached hydrogen (secondary N) is 1. The highest BCUT2D eigenvalue weighted by molar-refractivity contribution is 5.74. The van der Waals surface area contributed by atoms with Crippen molar-refractivity contribution in [1.29, 1.82) is 0 Å². The number of ether oxygens (including phenoxy) is 2. The van der Waals surface area contributed by atoms with Gasteiger partial charge in [0.05, 0.1) is 13.2 Å². The summed E-state index contributed by atoms with van der Waals surface area (Å²) in [6, 6.07) is 6.06. The number of urea groups is 1. The van der Waals surface area contributed by atoms with Crippen molar-refractivity contribution in [2.75, 3.05) is 26.8 Å². The summed E-state index contributed by atoms with van der Waals surface area (Å²) < 4.78 is 11.0. The molecule has 0 aromatic heterocycles. The lowest BCUT2D eigenvalue weighted by molar-refractivity contribution is 0.104. The number of amides is 2. The maximum absolute atomic E-state index is 12.3. The molecule has 0 bridgehead atoms. The molecule has 2 amide bonds. The number of carbonyl (C=O) groups excluding carboxylic acids is 1. The summed E-state index contributed by atoms with van der Waals surface area (Å²) in [4.78, 5) is 14.2.